The first-order valence-corrected chi connectivity index (χ1v) is 9.20. The monoisotopic (exact) mass is 382 g/mol. The Bertz CT molecular complexity index is 1060. The molecule has 0 atom stereocenters. The van der Waals surface area contributed by atoms with Crippen LogP contribution in [-0.4, -0.2) is 29.3 Å². The van der Waals surface area contributed by atoms with Gasteiger partial charge in [-0.25, -0.2) is 0 Å². The SMILES string of the molecule is O=C1c2ccccc2C(=O)N1CN(C(=O)/C=C/c1ccccc1)c1ccccc1. The Kier molecular flexibility index (Phi) is 5.03. The minimum atomic E-state index is -0.397. The van der Waals surface area contributed by atoms with E-state index in [1.54, 1.807) is 54.6 Å². The van der Waals surface area contributed by atoms with Crippen molar-refractivity contribution in [1.82, 2.24) is 4.90 Å². The molecule has 0 bridgehead atoms. The van der Waals surface area contributed by atoms with Crippen molar-refractivity contribution in [1.29, 1.82) is 0 Å². The van der Waals surface area contributed by atoms with Gasteiger partial charge in [0.25, 0.3) is 17.7 Å². The molecule has 1 aliphatic heterocycles. The van der Waals surface area contributed by atoms with Crippen LogP contribution in [-0.2, 0) is 4.79 Å². The molecule has 3 amide bonds. The van der Waals surface area contributed by atoms with Gasteiger partial charge in [-0.15, -0.1) is 0 Å². The summed E-state index contributed by atoms with van der Waals surface area (Å²) in [5.74, 6) is -1.12. The van der Waals surface area contributed by atoms with Crippen molar-refractivity contribution in [2.45, 2.75) is 0 Å². The Hall–Kier alpha value is -3.99. The number of nitrogens with zero attached hydrogens (tertiary/aromatic N) is 2. The van der Waals surface area contributed by atoms with E-state index in [0.717, 1.165) is 10.5 Å². The molecule has 0 unspecified atom stereocenters. The van der Waals surface area contributed by atoms with Crippen LogP contribution in [0.3, 0.4) is 0 Å². The van der Waals surface area contributed by atoms with E-state index < -0.39 is 11.8 Å². The third-order valence-electron chi connectivity index (χ3n) is 4.71. The Morgan fingerprint density at radius 2 is 1.28 bits per heavy atom. The summed E-state index contributed by atoms with van der Waals surface area (Å²) in [7, 11) is 0. The third-order valence-corrected chi connectivity index (χ3v) is 4.71. The number of imide groups is 1. The molecule has 1 aliphatic rings. The number of carbonyl (C=O) groups excluding carboxylic acids is 3. The van der Waals surface area contributed by atoms with Gasteiger partial charge in [0.1, 0.15) is 6.67 Å². The lowest BCUT2D eigenvalue weighted by atomic mass is 10.1. The molecule has 142 valence electrons. The summed E-state index contributed by atoms with van der Waals surface area (Å²) >= 11 is 0. The summed E-state index contributed by atoms with van der Waals surface area (Å²) in [5.41, 5.74) is 2.21. The van der Waals surface area contributed by atoms with Crippen LogP contribution < -0.4 is 4.90 Å². The first-order chi connectivity index (χ1) is 14.1. The molecular weight excluding hydrogens is 364 g/mol. The molecule has 5 nitrogen and oxygen atoms in total. The predicted molar refractivity (Wildman–Crippen MR) is 111 cm³/mol. The summed E-state index contributed by atoms with van der Waals surface area (Å²) in [6.07, 6.45) is 3.15. The molecule has 3 aromatic rings. The maximum atomic E-state index is 13.0. The zero-order chi connectivity index (χ0) is 20.2. The van der Waals surface area contributed by atoms with E-state index >= 15 is 0 Å². The van der Waals surface area contributed by atoms with Crippen LogP contribution in [0.15, 0.2) is 91.0 Å². The van der Waals surface area contributed by atoms with E-state index in [-0.39, 0.29) is 12.6 Å². The van der Waals surface area contributed by atoms with Gasteiger partial charge in [0.05, 0.1) is 11.1 Å². The maximum Gasteiger partial charge on any atom is 0.263 e. The molecule has 0 radical (unpaired) electrons. The molecule has 29 heavy (non-hydrogen) atoms. The van der Waals surface area contributed by atoms with Crippen LogP contribution in [0.1, 0.15) is 26.3 Å². The summed E-state index contributed by atoms with van der Waals surface area (Å²) in [4.78, 5) is 41.0. The van der Waals surface area contributed by atoms with Crippen molar-refractivity contribution in [3.05, 3.63) is 108 Å². The zero-order valence-electron chi connectivity index (χ0n) is 15.6. The second-order valence-electron chi connectivity index (χ2n) is 6.57. The van der Waals surface area contributed by atoms with E-state index in [2.05, 4.69) is 0 Å². The Morgan fingerprint density at radius 1 is 0.759 bits per heavy atom. The summed E-state index contributed by atoms with van der Waals surface area (Å²) in [6.45, 7) is -0.158. The lowest BCUT2D eigenvalue weighted by Gasteiger charge is -2.26. The minimum absolute atomic E-state index is 0.158. The fraction of sp³-hybridized carbons (Fsp3) is 0.0417. The molecule has 4 rings (SSSR count). The zero-order valence-corrected chi connectivity index (χ0v) is 15.6. The van der Waals surface area contributed by atoms with Gasteiger partial charge in [-0.05, 0) is 35.9 Å². The second-order valence-corrected chi connectivity index (χ2v) is 6.57. The third kappa shape index (κ3) is 3.71. The van der Waals surface area contributed by atoms with E-state index in [0.29, 0.717) is 16.8 Å². The van der Waals surface area contributed by atoms with Crippen LogP contribution in [0.25, 0.3) is 6.08 Å². The molecular formula is C24H18N2O3. The summed E-state index contributed by atoms with van der Waals surface area (Å²) in [5, 5.41) is 0. The number of amides is 3. The maximum absolute atomic E-state index is 13.0. The highest BCUT2D eigenvalue weighted by atomic mass is 16.2. The van der Waals surface area contributed by atoms with E-state index in [1.807, 2.05) is 36.4 Å². The smallest absolute Gasteiger partial charge is 0.263 e. The van der Waals surface area contributed by atoms with Gasteiger partial charge in [-0.1, -0.05) is 60.7 Å². The van der Waals surface area contributed by atoms with Gasteiger partial charge >= 0.3 is 0 Å². The van der Waals surface area contributed by atoms with Crippen molar-refractivity contribution in [2.24, 2.45) is 0 Å². The molecule has 0 saturated carbocycles. The molecule has 0 spiro atoms. The molecule has 1 heterocycles. The standard InChI is InChI=1S/C24H18N2O3/c27-22(16-15-18-9-3-1-4-10-18)25(19-11-5-2-6-12-19)17-26-23(28)20-13-7-8-14-21(20)24(26)29/h1-16H,17H2/b16-15+. The van der Waals surface area contributed by atoms with Gasteiger partial charge in [0.2, 0.25) is 0 Å². The number of hydrogen-bond donors (Lipinski definition) is 0. The van der Waals surface area contributed by atoms with Gasteiger partial charge in [0.15, 0.2) is 0 Å². The quantitative estimate of drug-likeness (QED) is 0.495. The van der Waals surface area contributed by atoms with E-state index in [9.17, 15) is 14.4 Å². The Labute approximate surface area is 168 Å². The normalized spacial score (nSPS) is 13.0. The number of rotatable bonds is 5. The van der Waals surface area contributed by atoms with E-state index in [1.165, 1.54) is 11.0 Å². The van der Waals surface area contributed by atoms with Crippen LogP contribution in [0.2, 0.25) is 0 Å². The highest BCUT2D eigenvalue weighted by Gasteiger charge is 2.36. The van der Waals surface area contributed by atoms with Crippen molar-refractivity contribution in [3.8, 4) is 0 Å². The number of fused-ring (bicyclic) bond motifs is 1. The Balaban J connectivity index is 1.62. The molecule has 0 aliphatic carbocycles. The lowest BCUT2D eigenvalue weighted by molar-refractivity contribution is -0.114. The van der Waals surface area contributed by atoms with Crippen molar-refractivity contribution >= 4 is 29.5 Å². The van der Waals surface area contributed by atoms with Crippen molar-refractivity contribution in [2.75, 3.05) is 11.6 Å². The molecule has 0 saturated heterocycles. The first kappa shape index (κ1) is 18.4. The van der Waals surface area contributed by atoms with Gasteiger partial charge in [-0.2, -0.15) is 0 Å². The molecule has 3 aromatic carbocycles. The summed E-state index contributed by atoms with van der Waals surface area (Å²) < 4.78 is 0. The number of para-hydroxylation sites is 1. The first-order valence-electron chi connectivity index (χ1n) is 9.20. The van der Waals surface area contributed by atoms with Crippen molar-refractivity contribution in [3.63, 3.8) is 0 Å². The number of anilines is 1. The van der Waals surface area contributed by atoms with E-state index in [4.69, 9.17) is 0 Å². The summed E-state index contributed by atoms with van der Waals surface area (Å²) in [6, 6.07) is 25.1. The highest BCUT2D eigenvalue weighted by molar-refractivity contribution is 6.21. The number of carbonyl (C=O) groups is 3. The molecule has 0 aromatic heterocycles. The Morgan fingerprint density at radius 3 is 1.86 bits per heavy atom. The molecule has 0 fully saturated rings. The van der Waals surface area contributed by atoms with Crippen LogP contribution >= 0.6 is 0 Å². The fourth-order valence-electron chi connectivity index (χ4n) is 3.22. The number of hydrogen-bond acceptors (Lipinski definition) is 3. The average Bonchev–Trinajstić information content (AvgIpc) is 3.02. The van der Waals surface area contributed by atoms with Crippen LogP contribution in [0.5, 0.6) is 0 Å². The predicted octanol–water partition coefficient (Wildman–Crippen LogP) is 3.99. The van der Waals surface area contributed by atoms with Gasteiger partial charge in [0, 0.05) is 11.8 Å². The number of benzene rings is 3. The minimum Gasteiger partial charge on any atom is -0.290 e. The largest absolute Gasteiger partial charge is 0.290 e. The van der Waals surface area contributed by atoms with Crippen molar-refractivity contribution < 1.29 is 14.4 Å². The van der Waals surface area contributed by atoms with Crippen LogP contribution in [0, 0.1) is 0 Å². The fourth-order valence-corrected chi connectivity index (χ4v) is 3.22. The molecule has 5 heteroatoms. The molecule has 0 N–H and O–H groups in total. The second kappa shape index (κ2) is 7.94. The lowest BCUT2D eigenvalue weighted by Crippen LogP contribution is -2.43. The van der Waals surface area contributed by atoms with Gasteiger partial charge < -0.3 is 0 Å². The topological polar surface area (TPSA) is 57.7 Å². The average molecular weight is 382 g/mol. The van der Waals surface area contributed by atoms with Gasteiger partial charge in [-0.3, -0.25) is 24.2 Å². The van der Waals surface area contributed by atoms with Crippen LogP contribution in [0.4, 0.5) is 5.69 Å². The highest BCUT2D eigenvalue weighted by Crippen LogP contribution is 2.24.